The molecule has 0 amide bonds. The molecule has 0 bridgehead atoms. The second-order valence-corrected chi connectivity index (χ2v) is 5.70. The molecule has 3 nitrogen and oxygen atoms in total. The SMILES string of the molecule is CCCn1cc(C(O)c2cc(Cl)ccc2I)cn1. The summed E-state index contributed by atoms with van der Waals surface area (Å²) in [5, 5.41) is 15.2. The van der Waals surface area contributed by atoms with Crippen molar-refractivity contribution in [2.24, 2.45) is 0 Å². The molecule has 0 radical (unpaired) electrons. The lowest BCUT2D eigenvalue weighted by Crippen LogP contribution is -2.01. The van der Waals surface area contributed by atoms with Crippen molar-refractivity contribution in [3.8, 4) is 0 Å². The van der Waals surface area contributed by atoms with Crippen LogP contribution in [0.5, 0.6) is 0 Å². The average Bonchev–Trinajstić information content (AvgIpc) is 2.80. The third-order valence-electron chi connectivity index (χ3n) is 2.67. The number of aliphatic hydroxyl groups is 1. The van der Waals surface area contributed by atoms with Crippen LogP contribution in [0, 0.1) is 3.57 Å². The summed E-state index contributed by atoms with van der Waals surface area (Å²) in [6.07, 6.45) is 3.93. The zero-order valence-electron chi connectivity index (χ0n) is 9.98. The Morgan fingerprint density at radius 1 is 1.50 bits per heavy atom. The van der Waals surface area contributed by atoms with Crippen molar-refractivity contribution >= 4 is 34.2 Å². The molecule has 0 saturated carbocycles. The first-order valence-corrected chi connectivity index (χ1v) is 7.23. The van der Waals surface area contributed by atoms with E-state index in [1.807, 2.05) is 23.0 Å². The molecule has 0 aliphatic carbocycles. The van der Waals surface area contributed by atoms with Gasteiger partial charge in [0, 0.05) is 26.9 Å². The van der Waals surface area contributed by atoms with Gasteiger partial charge in [-0.1, -0.05) is 18.5 Å². The molecule has 1 N–H and O–H groups in total. The van der Waals surface area contributed by atoms with Crippen molar-refractivity contribution in [2.75, 3.05) is 0 Å². The van der Waals surface area contributed by atoms with Gasteiger partial charge in [0.05, 0.1) is 6.20 Å². The van der Waals surface area contributed by atoms with Gasteiger partial charge >= 0.3 is 0 Å². The van der Waals surface area contributed by atoms with E-state index < -0.39 is 6.10 Å². The maximum atomic E-state index is 10.4. The Balaban J connectivity index is 2.29. The first-order valence-electron chi connectivity index (χ1n) is 5.77. The number of nitrogens with zero attached hydrogens (tertiary/aromatic N) is 2. The fourth-order valence-corrected chi connectivity index (χ4v) is 2.59. The third kappa shape index (κ3) is 3.05. The third-order valence-corrected chi connectivity index (χ3v) is 3.89. The van der Waals surface area contributed by atoms with E-state index in [-0.39, 0.29) is 0 Å². The van der Waals surface area contributed by atoms with Crippen LogP contribution in [0.15, 0.2) is 30.6 Å². The number of benzene rings is 1. The molecule has 96 valence electrons. The van der Waals surface area contributed by atoms with Crippen LogP contribution in [0.25, 0.3) is 0 Å². The summed E-state index contributed by atoms with van der Waals surface area (Å²) in [6, 6.07) is 5.52. The minimum Gasteiger partial charge on any atom is -0.384 e. The Labute approximate surface area is 125 Å². The quantitative estimate of drug-likeness (QED) is 0.828. The van der Waals surface area contributed by atoms with E-state index in [0.29, 0.717) is 5.02 Å². The monoisotopic (exact) mass is 376 g/mol. The van der Waals surface area contributed by atoms with Gasteiger partial charge < -0.3 is 5.11 Å². The highest BCUT2D eigenvalue weighted by molar-refractivity contribution is 14.1. The van der Waals surface area contributed by atoms with Crippen LogP contribution < -0.4 is 0 Å². The first-order chi connectivity index (χ1) is 8.61. The van der Waals surface area contributed by atoms with Gasteiger partial charge in [-0.25, -0.2) is 0 Å². The van der Waals surface area contributed by atoms with Gasteiger partial charge in [0.1, 0.15) is 6.10 Å². The summed E-state index contributed by atoms with van der Waals surface area (Å²) >= 11 is 8.16. The Hall–Kier alpha value is -0.590. The Morgan fingerprint density at radius 3 is 3.00 bits per heavy atom. The van der Waals surface area contributed by atoms with Crippen LogP contribution >= 0.6 is 34.2 Å². The molecule has 0 saturated heterocycles. The van der Waals surface area contributed by atoms with E-state index in [1.165, 1.54) is 0 Å². The van der Waals surface area contributed by atoms with E-state index in [1.54, 1.807) is 12.3 Å². The molecule has 2 aromatic rings. The van der Waals surface area contributed by atoms with Crippen molar-refractivity contribution < 1.29 is 5.11 Å². The van der Waals surface area contributed by atoms with Crippen molar-refractivity contribution in [1.82, 2.24) is 9.78 Å². The fraction of sp³-hybridized carbons (Fsp3) is 0.308. The lowest BCUT2D eigenvalue weighted by atomic mass is 10.1. The van der Waals surface area contributed by atoms with Crippen molar-refractivity contribution in [3.63, 3.8) is 0 Å². The van der Waals surface area contributed by atoms with Crippen molar-refractivity contribution in [2.45, 2.75) is 26.0 Å². The summed E-state index contributed by atoms with van der Waals surface area (Å²) in [7, 11) is 0. The lowest BCUT2D eigenvalue weighted by molar-refractivity contribution is 0.219. The minimum absolute atomic E-state index is 0.630. The summed E-state index contributed by atoms with van der Waals surface area (Å²) < 4.78 is 2.84. The molecule has 0 fully saturated rings. The zero-order chi connectivity index (χ0) is 13.1. The molecule has 0 aliphatic heterocycles. The fourth-order valence-electron chi connectivity index (χ4n) is 1.78. The lowest BCUT2D eigenvalue weighted by Gasteiger charge is -2.11. The maximum absolute atomic E-state index is 10.4. The molecule has 1 atom stereocenters. The summed E-state index contributed by atoms with van der Waals surface area (Å²) in [5.41, 5.74) is 1.61. The largest absolute Gasteiger partial charge is 0.384 e. The first kappa shape index (κ1) is 13.8. The molecule has 1 heterocycles. The van der Waals surface area contributed by atoms with Gasteiger partial charge in [-0.05, 0) is 52.8 Å². The van der Waals surface area contributed by atoms with E-state index in [9.17, 15) is 5.11 Å². The topological polar surface area (TPSA) is 38.0 Å². The highest BCUT2D eigenvalue weighted by atomic mass is 127. The van der Waals surface area contributed by atoms with Crippen LogP contribution in [-0.2, 0) is 6.54 Å². The second kappa shape index (κ2) is 6.04. The number of rotatable bonds is 4. The predicted octanol–water partition coefficient (Wildman–Crippen LogP) is 3.63. The van der Waals surface area contributed by atoms with Crippen molar-refractivity contribution in [3.05, 3.63) is 50.3 Å². The van der Waals surface area contributed by atoms with E-state index >= 15 is 0 Å². The number of hydrogen-bond donors (Lipinski definition) is 1. The van der Waals surface area contributed by atoms with Crippen LogP contribution in [0.3, 0.4) is 0 Å². The number of aryl methyl sites for hydroxylation is 1. The van der Waals surface area contributed by atoms with E-state index in [2.05, 4.69) is 34.6 Å². The number of aliphatic hydroxyl groups excluding tert-OH is 1. The smallest absolute Gasteiger partial charge is 0.108 e. The summed E-state index contributed by atoms with van der Waals surface area (Å²) in [4.78, 5) is 0. The molecule has 1 aromatic carbocycles. The highest BCUT2D eigenvalue weighted by Crippen LogP contribution is 2.28. The predicted molar refractivity (Wildman–Crippen MR) is 80.7 cm³/mol. The van der Waals surface area contributed by atoms with Gasteiger partial charge in [0.15, 0.2) is 0 Å². The second-order valence-electron chi connectivity index (χ2n) is 4.11. The van der Waals surface area contributed by atoms with Crippen LogP contribution in [-0.4, -0.2) is 14.9 Å². The van der Waals surface area contributed by atoms with Gasteiger partial charge in [-0.2, -0.15) is 5.10 Å². The molecule has 1 aromatic heterocycles. The Kier molecular flexibility index (Phi) is 4.64. The number of aromatic nitrogens is 2. The van der Waals surface area contributed by atoms with Gasteiger partial charge in [0.25, 0.3) is 0 Å². The van der Waals surface area contributed by atoms with Crippen LogP contribution in [0.1, 0.15) is 30.6 Å². The van der Waals surface area contributed by atoms with Crippen LogP contribution in [0.4, 0.5) is 0 Å². The molecular formula is C13H14ClIN2O. The molecule has 5 heteroatoms. The Morgan fingerprint density at radius 2 is 2.28 bits per heavy atom. The number of hydrogen-bond acceptors (Lipinski definition) is 2. The van der Waals surface area contributed by atoms with E-state index in [4.69, 9.17) is 11.6 Å². The average molecular weight is 377 g/mol. The zero-order valence-corrected chi connectivity index (χ0v) is 12.9. The van der Waals surface area contributed by atoms with E-state index in [0.717, 1.165) is 27.7 Å². The molecule has 2 rings (SSSR count). The van der Waals surface area contributed by atoms with Crippen molar-refractivity contribution in [1.29, 1.82) is 0 Å². The summed E-state index contributed by atoms with van der Waals surface area (Å²) in [5.74, 6) is 0. The summed E-state index contributed by atoms with van der Waals surface area (Å²) in [6.45, 7) is 2.96. The van der Waals surface area contributed by atoms with Gasteiger partial charge in [-0.15, -0.1) is 0 Å². The Bertz CT molecular complexity index is 542. The maximum Gasteiger partial charge on any atom is 0.108 e. The number of halogens is 2. The van der Waals surface area contributed by atoms with Crippen LogP contribution in [0.2, 0.25) is 5.02 Å². The molecule has 0 aliphatic rings. The molecule has 1 unspecified atom stereocenters. The van der Waals surface area contributed by atoms with Gasteiger partial charge in [0.2, 0.25) is 0 Å². The molecule has 0 spiro atoms. The minimum atomic E-state index is -0.679. The standard InChI is InChI=1S/C13H14ClIN2O/c1-2-5-17-8-9(7-16-17)13(18)11-6-10(14)3-4-12(11)15/h3-4,6-8,13,18H,2,5H2,1H3. The molecule has 18 heavy (non-hydrogen) atoms. The highest BCUT2D eigenvalue weighted by Gasteiger charge is 2.15. The normalized spacial score (nSPS) is 12.7. The molecular weight excluding hydrogens is 363 g/mol. The van der Waals surface area contributed by atoms with Gasteiger partial charge in [-0.3, -0.25) is 4.68 Å².